The molecule has 106 valence electrons. The number of rotatable bonds is 3. The third-order valence-corrected chi connectivity index (χ3v) is 5.39. The van der Waals surface area contributed by atoms with Crippen molar-refractivity contribution in [1.82, 2.24) is 4.72 Å². The van der Waals surface area contributed by atoms with E-state index in [-0.39, 0.29) is 12.1 Å². The average Bonchev–Trinajstić information content (AvgIpc) is 2.31. The molecule has 1 aromatic carbocycles. The Morgan fingerprint density at radius 1 is 1.16 bits per heavy atom. The fraction of sp³-hybridized carbons (Fsp3) is 0.571. The van der Waals surface area contributed by atoms with Crippen LogP contribution in [0, 0.1) is 13.8 Å². The number of benzene rings is 1. The lowest BCUT2D eigenvalue weighted by Gasteiger charge is -2.26. The van der Waals surface area contributed by atoms with Gasteiger partial charge in [0.05, 0.1) is 4.90 Å². The molecule has 0 amide bonds. The SMILES string of the molecule is Cc1ccc(S(=O)(=O)NC2CCC(N)CC2)c(C)c1. The van der Waals surface area contributed by atoms with Gasteiger partial charge in [-0.15, -0.1) is 0 Å². The van der Waals surface area contributed by atoms with Crippen molar-refractivity contribution in [1.29, 1.82) is 0 Å². The molecular formula is C14H22N2O2S. The highest BCUT2D eigenvalue weighted by atomic mass is 32.2. The molecule has 4 nitrogen and oxygen atoms in total. The normalized spacial score (nSPS) is 24.4. The van der Waals surface area contributed by atoms with Crippen LogP contribution in [0.15, 0.2) is 23.1 Å². The first kappa shape index (κ1) is 14.5. The van der Waals surface area contributed by atoms with Crippen LogP contribution in [-0.2, 0) is 10.0 Å². The summed E-state index contributed by atoms with van der Waals surface area (Å²) in [6.07, 6.45) is 3.43. The monoisotopic (exact) mass is 282 g/mol. The van der Waals surface area contributed by atoms with Crippen molar-refractivity contribution in [2.24, 2.45) is 5.73 Å². The van der Waals surface area contributed by atoms with Crippen LogP contribution in [-0.4, -0.2) is 20.5 Å². The minimum atomic E-state index is -3.42. The molecule has 0 aromatic heterocycles. The van der Waals surface area contributed by atoms with Gasteiger partial charge in [-0.25, -0.2) is 13.1 Å². The Morgan fingerprint density at radius 3 is 2.37 bits per heavy atom. The van der Waals surface area contributed by atoms with Crippen LogP contribution >= 0.6 is 0 Å². The van der Waals surface area contributed by atoms with Crippen molar-refractivity contribution in [3.63, 3.8) is 0 Å². The van der Waals surface area contributed by atoms with E-state index < -0.39 is 10.0 Å². The number of hydrogen-bond acceptors (Lipinski definition) is 3. The van der Waals surface area contributed by atoms with Gasteiger partial charge in [-0.05, 0) is 51.2 Å². The van der Waals surface area contributed by atoms with Crippen molar-refractivity contribution in [3.8, 4) is 0 Å². The highest BCUT2D eigenvalue weighted by molar-refractivity contribution is 7.89. The van der Waals surface area contributed by atoms with E-state index in [0.29, 0.717) is 4.90 Å². The number of nitrogens with two attached hydrogens (primary N) is 1. The second kappa shape index (κ2) is 5.61. The van der Waals surface area contributed by atoms with Gasteiger partial charge in [-0.2, -0.15) is 0 Å². The number of nitrogens with one attached hydrogen (secondary N) is 1. The van der Waals surface area contributed by atoms with Gasteiger partial charge in [0.25, 0.3) is 0 Å². The molecule has 0 heterocycles. The second-order valence-electron chi connectivity index (χ2n) is 5.50. The molecule has 1 saturated carbocycles. The number of aryl methyl sites for hydroxylation is 2. The van der Waals surface area contributed by atoms with Gasteiger partial charge in [0, 0.05) is 12.1 Å². The third kappa shape index (κ3) is 3.55. The van der Waals surface area contributed by atoms with E-state index >= 15 is 0 Å². The van der Waals surface area contributed by atoms with E-state index in [0.717, 1.165) is 36.8 Å². The summed E-state index contributed by atoms with van der Waals surface area (Å²) in [5.74, 6) is 0. The summed E-state index contributed by atoms with van der Waals surface area (Å²) in [5, 5.41) is 0. The molecule has 0 spiro atoms. The van der Waals surface area contributed by atoms with Gasteiger partial charge >= 0.3 is 0 Å². The largest absolute Gasteiger partial charge is 0.328 e. The average molecular weight is 282 g/mol. The lowest BCUT2D eigenvalue weighted by atomic mass is 9.93. The van der Waals surface area contributed by atoms with Crippen LogP contribution in [0.1, 0.15) is 36.8 Å². The quantitative estimate of drug-likeness (QED) is 0.888. The Morgan fingerprint density at radius 2 is 1.79 bits per heavy atom. The predicted molar refractivity (Wildman–Crippen MR) is 76.5 cm³/mol. The zero-order valence-electron chi connectivity index (χ0n) is 11.5. The van der Waals surface area contributed by atoms with Crippen LogP contribution in [0.2, 0.25) is 0 Å². The molecule has 1 aliphatic carbocycles. The third-order valence-electron chi connectivity index (χ3n) is 3.71. The minimum Gasteiger partial charge on any atom is -0.328 e. The molecule has 0 unspecified atom stereocenters. The first-order valence-electron chi connectivity index (χ1n) is 6.73. The summed E-state index contributed by atoms with van der Waals surface area (Å²) in [6.45, 7) is 3.79. The van der Waals surface area contributed by atoms with Crippen molar-refractivity contribution < 1.29 is 8.42 Å². The summed E-state index contributed by atoms with van der Waals surface area (Å²) in [4.78, 5) is 0.382. The highest BCUT2D eigenvalue weighted by Crippen LogP contribution is 2.21. The van der Waals surface area contributed by atoms with E-state index in [9.17, 15) is 8.42 Å². The molecule has 0 saturated heterocycles. The van der Waals surface area contributed by atoms with Crippen molar-refractivity contribution in [3.05, 3.63) is 29.3 Å². The Kier molecular flexibility index (Phi) is 4.28. The molecule has 0 atom stereocenters. The molecule has 1 fully saturated rings. The molecule has 0 aliphatic heterocycles. The highest BCUT2D eigenvalue weighted by Gasteiger charge is 2.25. The molecule has 2 rings (SSSR count). The maximum atomic E-state index is 12.4. The van der Waals surface area contributed by atoms with Gasteiger partial charge in [0.1, 0.15) is 0 Å². The van der Waals surface area contributed by atoms with Gasteiger partial charge in [-0.1, -0.05) is 17.7 Å². The fourth-order valence-corrected chi connectivity index (χ4v) is 4.15. The van der Waals surface area contributed by atoms with Gasteiger partial charge in [0.15, 0.2) is 0 Å². The van der Waals surface area contributed by atoms with Crippen LogP contribution in [0.3, 0.4) is 0 Å². The Hall–Kier alpha value is -0.910. The molecule has 1 aromatic rings. The summed E-state index contributed by atoms with van der Waals surface area (Å²) < 4.78 is 27.6. The lowest BCUT2D eigenvalue weighted by molar-refractivity contribution is 0.373. The zero-order chi connectivity index (χ0) is 14.0. The maximum Gasteiger partial charge on any atom is 0.241 e. The lowest BCUT2D eigenvalue weighted by Crippen LogP contribution is -2.40. The Bertz CT molecular complexity index is 547. The molecule has 0 bridgehead atoms. The molecule has 19 heavy (non-hydrogen) atoms. The zero-order valence-corrected chi connectivity index (χ0v) is 12.3. The van der Waals surface area contributed by atoms with Crippen LogP contribution in [0.4, 0.5) is 0 Å². The summed E-state index contributed by atoms with van der Waals surface area (Å²) >= 11 is 0. The Labute approximate surface area is 115 Å². The van der Waals surface area contributed by atoms with Crippen molar-refractivity contribution in [2.75, 3.05) is 0 Å². The summed E-state index contributed by atoms with van der Waals surface area (Å²) in [6, 6.07) is 5.65. The smallest absolute Gasteiger partial charge is 0.241 e. The van der Waals surface area contributed by atoms with Crippen LogP contribution < -0.4 is 10.5 Å². The van der Waals surface area contributed by atoms with Gasteiger partial charge < -0.3 is 5.73 Å². The summed E-state index contributed by atoms with van der Waals surface area (Å²) in [5.41, 5.74) is 7.70. The molecule has 3 N–H and O–H groups in total. The maximum absolute atomic E-state index is 12.4. The molecular weight excluding hydrogens is 260 g/mol. The first-order valence-corrected chi connectivity index (χ1v) is 8.22. The van der Waals surface area contributed by atoms with E-state index in [4.69, 9.17) is 5.73 Å². The predicted octanol–water partition coefficient (Wildman–Crippen LogP) is 1.85. The van der Waals surface area contributed by atoms with Crippen molar-refractivity contribution >= 4 is 10.0 Å². The first-order chi connectivity index (χ1) is 8.88. The Balaban J connectivity index is 2.14. The van der Waals surface area contributed by atoms with E-state index in [2.05, 4.69) is 4.72 Å². The van der Waals surface area contributed by atoms with Crippen LogP contribution in [0.25, 0.3) is 0 Å². The minimum absolute atomic E-state index is 0.0190. The second-order valence-corrected chi connectivity index (χ2v) is 7.18. The number of hydrogen-bond donors (Lipinski definition) is 2. The standard InChI is InChI=1S/C14H22N2O2S/c1-10-3-8-14(11(2)9-10)19(17,18)16-13-6-4-12(15)5-7-13/h3,8-9,12-13,16H,4-7,15H2,1-2H3. The summed E-state index contributed by atoms with van der Waals surface area (Å²) in [7, 11) is -3.42. The van der Waals surface area contributed by atoms with Gasteiger partial charge in [0.2, 0.25) is 10.0 Å². The van der Waals surface area contributed by atoms with E-state index in [1.54, 1.807) is 6.07 Å². The van der Waals surface area contributed by atoms with E-state index in [1.807, 2.05) is 26.0 Å². The molecule has 0 radical (unpaired) electrons. The van der Waals surface area contributed by atoms with Crippen molar-refractivity contribution in [2.45, 2.75) is 56.5 Å². The fourth-order valence-electron chi connectivity index (χ4n) is 2.62. The van der Waals surface area contributed by atoms with Gasteiger partial charge in [-0.3, -0.25) is 0 Å². The van der Waals surface area contributed by atoms with Crippen LogP contribution in [0.5, 0.6) is 0 Å². The van der Waals surface area contributed by atoms with E-state index in [1.165, 1.54) is 0 Å². The molecule has 5 heteroatoms. The topological polar surface area (TPSA) is 72.2 Å². The molecule has 1 aliphatic rings. The number of sulfonamides is 1.